The van der Waals surface area contributed by atoms with Gasteiger partial charge in [-0.05, 0) is 20.8 Å². The summed E-state index contributed by atoms with van der Waals surface area (Å²) in [6.45, 7) is 4.70. The van der Waals surface area contributed by atoms with Crippen molar-refractivity contribution in [1.82, 2.24) is 4.90 Å². The van der Waals surface area contributed by atoms with Gasteiger partial charge < -0.3 is 9.84 Å². The molecule has 15 heavy (non-hydrogen) atoms. The van der Waals surface area contributed by atoms with Crippen molar-refractivity contribution in [1.29, 1.82) is 0 Å². The first-order valence-corrected chi connectivity index (χ1v) is 4.69. The van der Waals surface area contributed by atoms with Gasteiger partial charge in [0.05, 0.1) is 0 Å². The fourth-order valence-corrected chi connectivity index (χ4v) is 1.26. The smallest absolute Gasteiger partial charge is 0.412 e. The molecule has 88 valence electrons. The van der Waals surface area contributed by atoms with Crippen molar-refractivity contribution < 1.29 is 23.4 Å². The Kier molecular flexibility index (Phi) is 2.91. The fraction of sp³-hybridized carbons (Fsp3) is 0.889. The Morgan fingerprint density at radius 1 is 1.53 bits per heavy atom. The van der Waals surface area contributed by atoms with Crippen LogP contribution in [-0.4, -0.2) is 40.4 Å². The number of halogens is 2. The number of rotatable bonds is 0. The van der Waals surface area contributed by atoms with E-state index >= 15 is 0 Å². The van der Waals surface area contributed by atoms with Crippen LogP contribution in [0, 0.1) is 0 Å². The Bertz CT molecular complexity index is 263. The second-order valence-corrected chi connectivity index (χ2v) is 4.56. The molecule has 1 aliphatic rings. The Labute approximate surface area is 86.8 Å². The van der Waals surface area contributed by atoms with Crippen LogP contribution in [0.5, 0.6) is 0 Å². The number of aliphatic hydroxyl groups is 1. The molecular weight excluding hydrogens is 208 g/mol. The number of alkyl halides is 2. The van der Waals surface area contributed by atoms with Crippen molar-refractivity contribution >= 4 is 6.09 Å². The molecule has 0 aliphatic carbocycles. The van der Waals surface area contributed by atoms with Gasteiger partial charge in [0.1, 0.15) is 5.60 Å². The van der Waals surface area contributed by atoms with E-state index < -0.39 is 30.3 Å². The summed E-state index contributed by atoms with van der Waals surface area (Å²) in [5.41, 5.74) is -0.755. The lowest BCUT2D eigenvalue weighted by atomic mass is 10.2. The number of carbonyl (C=O) groups is 1. The van der Waals surface area contributed by atoms with Crippen LogP contribution in [0.25, 0.3) is 0 Å². The molecule has 6 heteroatoms. The number of carbonyl (C=O) groups excluding carboxylic acids is 1. The molecule has 0 aromatic heterocycles. The van der Waals surface area contributed by atoms with Crippen molar-refractivity contribution in [2.45, 2.75) is 44.9 Å². The summed E-state index contributed by atoms with van der Waals surface area (Å²) in [7, 11) is 0. The molecule has 1 saturated heterocycles. The highest BCUT2D eigenvalue weighted by Gasteiger charge is 2.50. The fourth-order valence-electron chi connectivity index (χ4n) is 1.26. The number of amides is 1. The molecule has 4 nitrogen and oxygen atoms in total. The second-order valence-electron chi connectivity index (χ2n) is 4.56. The number of likely N-dealkylation sites (tertiary alicyclic amines) is 1. The van der Waals surface area contributed by atoms with Crippen LogP contribution >= 0.6 is 0 Å². The normalized spacial score (nSPS) is 25.5. The third-order valence-electron chi connectivity index (χ3n) is 1.99. The van der Waals surface area contributed by atoms with E-state index in [9.17, 15) is 13.6 Å². The van der Waals surface area contributed by atoms with Crippen LogP contribution in [0.2, 0.25) is 0 Å². The number of nitrogens with zero attached hydrogens (tertiary/aromatic N) is 1. The summed E-state index contributed by atoms with van der Waals surface area (Å²) in [6.07, 6.45) is -3.52. The third kappa shape index (κ3) is 2.77. The Morgan fingerprint density at radius 3 is 2.40 bits per heavy atom. The van der Waals surface area contributed by atoms with Crippen molar-refractivity contribution in [3.63, 3.8) is 0 Å². The van der Waals surface area contributed by atoms with E-state index in [-0.39, 0.29) is 6.54 Å². The zero-order chi connectivity index (χ0) is 11.9. The molecule has 1 rings (SSSR count). The largest absolute Gasteiger partial charge is 0.444 e. The summed E-state index contributed by atoms with van der Waals surface area (Å²) in [5, 5.41) is 9.16. The number of hydrogen-bond acceptors (Lipinski definition) is 3. The van der Waals surface area contributed by atoms with Gasteiger partial charge in [-0.25, -0.2) is 13.6 Å². The SMILES string of the molecule is CC(C)(C)OC(=O)N1CCC(F)(F)C1O. The maximum Gasteiger partial charge on any atom is 0.412 e. The van der Waals surface area contributed by atoms with E-state index in [1.807, 2.05) is 0 Å². The highest BCUT2D eigenvalue weighted by atomic mass is 19.3. The first-order valence-electron chi connectivity index (χ1n) is 4.69. The topological polar surface area (TPSA) is 49.8 Å². The maximum absolute atomic E-state index is 12.9. The molecule has 1 heterocycles. The van der Waals surface area contributed by atoms with Crippen molar-refractivity contribution in [3.05, 3.63) is 0 Å². The Balaban J connectivity index is 2.64. The van der Waals surface area contributed by atoms with E-state index in [0.29, 0.717) is 4.90 Å². The van der Waals surface area contributed by atoms with Gasteiger partial charge in [0.15, 0.2) is 6.23 Å². The summed E-state index contributed by atoms with van der Waals surface area (Å²) < 4.78 is 30.6. The van der Waals surface area contributed by atoms with Gasteiger partial charge in [0, 0.05) is 13.0 Å². The highest BCUT2D eigenvalue weighted by molar-refractivity contribution is 5.68. The van der Waals surface area contributed by atoms with Gasteiger partial charge in [-0.3, -0.25) is 4.90 Å². The monoisotopic (exact) mass is 223 g/mol. The minimum absolute atomic E-state index is 0.191. The lowest BCUT2D eigenvalue weighted by Gasteiger charge is -2.27. The molecule has 1 N–H and O–H groups in total. The van der Waals surface area contributed by atoms with Gasteiger partial charge in [-0.2, -0.15) is 0 Å². The predicted molar refractivity (Wildman–Crippen MR) is 48.5 cm³/mol. The van der Waals surface area contributed by atoms with Crippen molar-refractivity contribution in [2.75, 3.05) is 6.54 Å². The second kappa shape index (κ2) is 3.59. The zero-order valence-electron chi connectivity index (χ0n) is 8.96. The van der Waals surface area contributed by atoms with Gasteiger partial charge in [0.2, 0.25) is 0 Å². The molecular formula is C9H15F2NO3. The molecule has 0 spiro atoms. The summed E-state index contributed by atoms with van der Waals surface area (Å²) in [4.78, 5) is 12.0. The highest BCUT2D eigenvalue weighted by Crippen LogP contribution is 2.33. The van der Waals surface area contributed by atoms with Crippen molar-refractivity contribution in [3.8, 4) is 0 Å². The van der Waals surface area contributed by atoms with Gasteiger partial charge >= 0.3 is 6.09 Å². The van der Waals surface area contributed by atoms with E-state index in [4.69, 9.17) is 9.84 Å². The average Bonchev–Trinajstić information content (AvgIpc) is 2.24. The standard InChI is InChI=1S/C9H15F2NO3/c1-8(2,3)15-7(14)12-5-4-9(10,11)6(12)13/h6,13H,4-5H2,1-3H3. The van der Waals surface area contributed by atoms with Gasteiger partial charge in [-0.1, -0.05) is 0 Å². The minimum atomic E-state index is -3.24. The quantitative estimate of drug-likeness (QED) is 0.678. The van der Waals surface area contributed by atoms with Gasteiger partial charge in [0.25, 0.3) is 5.92 Å². The predicted octanol–water partition coefficient (Wildman–Crippen LogP) is 1.58. The molecule has 0 aromatic carbocycles. The molecule has 0 bridgehead atoms. The molecule has 0 saturated carbocycles. The van der Waals surface area contributed by atoms with Crippen LogP contribution in [-0.2, 0) is 4.74 Å². The molecule has 1 amide bonds. The van der Waals surface area contributed by atoms with Crippen LogP contribution in [0.1, 0.15) is 27.2 Å². The molecule has 0 aromatic rings. The maximum atomic E-state index is 12.9. The third-order valence-corrected chi connectivity index (χ3v) is 1.99. The van der Waals surface area contributed by atoms with Crippen LogP contribution in [0.4, 0.5) is 13.6 Å². The molecule has 0 radical (unpaired) electrons. The zero-order valence-corrected chi connectivity index (χ0v) is 8.96. The summed E-state index contributed by atoms with van der Waals surface area (Å²) in [6, 6.07) is 0. The Hall–Kier alpha value is -0.910. The van der Waals surface area contributed by atoms with Gasteiger partial charge in [-0.15, -0.1) is 0 Å². The summed E-state index contributed by atoms with van der Waals surface area (Å²) >= 11 is 0. The van der Waals surface area contributed by atoms with Crippen LogP contribution in [0.15, 0.2) is 0 Å². The first-order chi connectivity index (χ1) is 6.63. The van der Waals surface area contributed by atoms with E-state index in [1.165, 1.54) is 0 Å². The molecule has 1 atom stereocenters. The summed E-state index contributed by atoms with van der Waals surface area (Å²) in [5.74, 6) is -3.24. The first kappa shape index (κ1) is 12.2. The molecule has 1 unspecified atom stereocenters. The lowest BCUT2D eigenvalue weighted by molar-refractivity contribution is -0.128. The number of ether oxygens (including phenoxy) is 1. The van der Waals surface area contributed by atoms with Crippen molar-refractivity contribution in [2.24, 2.45) is 0 Å². The minimum Gasteiger partial charge on any atom is -0.444 e. The molecule has 1 fully saturated rings. The van der Waals surface area contributed by atoms with Crippen LogP contribution in [0.3, 0.4) is 0 Å². The lowest BCUT2D eigenvalue weighted by Crippen LogP contribution is -2.44. The average molecular weight is 223 g/mol. The van der Waals surface area contributed by atoms with E-state index in [1.54, 1.807) is 20.8 Å². The number of aliphatic hydroxyl groups excluding tert-OH is 1. The Morgan fingerprint density at radius 2 is 2.07 bits per heavy atom. The number of hydrogen-bond donors (Lipinski definition) is 1. The molecule has 1 aliphatic heterocycles. The van der Waals surface area contributed by atoms with E-state index in [2.05, 4.69) is 0 Å². The van der Waals surface area contributed by atoms with E-state index in [0.717, 1.165) is 0 Å². The van der Waals surface area contributed by atoms with Crippen LogP contribution < -0.4 is 0 Å².